The van der Waals surface area contributed by atoms with Gasteiger partial charge in [0.2, 0.25) is 17.7 Å². The first kappa shape index (κ1) is 34.5. The normalized spacial score (nSPS) is 27.5. The zero-order valence-corrected chi connectivity index (χ0v) is 27.8. The first-order valence-corrected chi connectivity index (χ1v) is 17.6. The summed E-state index contributed by atoms with van der Waals surface area (Å²) in [5.74, 6) is 0.750. The average molecular weight is 639 g/mol. The van der Waals surface area contributed by atoms with E-state index in [9.17, 15) is 19.2 Å². The first-order chi connectivity index (χ1) is 22.2. The van der Waals surface area contributed by atoms with E-state index in [-0.39, 0.29) is 30.6 Å². The van der Waals surface area contributed by atoms with Crippen LogP contribution in [-0.4, -0.2) is 91.6 Å². The van der Waals surface area contributed by atoms with Crippen molar-refractivity contribution in [2.75, 3.05) is 39.5 Å². The number of nitrogens with zero attached hydrogens (tertiary/aromatic N) is 1. The zero-order valence-electron chi connectivity index (χ0n) is 27.8. The zero-order chi connectivity index (χ0) is 32.5. The lowest BCUT2D eigenvalue weighted by atomic mass is 9.70. The average Bonchev–Trinajstić information content (AvgIpc) is 3.83. The number of benzene rings is 1. The number of Topliss-reactive ketones (excluding diaryl/α,β-unsaturated/α-hetero) is 1. The molecule has 3 amide bonds. The van der Waals surface area contributed by atoms with Crippen molar-refractivity contribution in [3.05, 3.63) is 35.9 Å². The fraction of sp³-hybridized carbons (Fsp3) is 0.722. The number of rotatable bonds is 14. The third-order valence-electron chi connectivity index (χ3n) is 10.7. The van der Waals surface area contributed by atoms with Gasteiger partial charge < -0.3 is 25.4 Å². The summed E-state index contributed by atoms with van der Waals surface area (Å²) in [6.45, 7) is 6.43. The number of epoxide rings is 1. The van der Waals surface area contributed by atoms with Gasteiger partial charge in [-0.1, -0.05) is 75.3 Å². The molecule has 0 unspecified atom stereocenters. The Bertz CT molecular complexity index is 1170. The van der Waals surface area contributed by atoms with Gasteiger partial charge in [-0.05, 0) is 56.4 Å². The Morgan fingerprint density at radius 3 is 2.13 bits per heavy atom. The molecule has 2 saturated carbocycles. The lowest BCUT2D eigenvalue weighted by molar-refractivity contribution is -0.134. The summed E-state index contributed by atoms with van der Waals surface area (Å²) in [6.07, 6.45) is 12.0. The van der Waals surface area contributed by atoms with Gasteiger partial charge in [-0.3, -0.25) is 24.1 Å². The number of amides is 3. The molecule has 10 heteroatoms. The van der Waals surface area contributed by atoms with Gasteiger partial charge in [0, 0.05) is 19.5 Å². The standard InChI is InChI=1S/C36H54N4O6/c1-25(33(42)36(2)24-46-36)37-34(43)31(21-26-9-5-3-6-10-26)39-35(44)30(38-32(41)23-40-17-19-45-20-18-40)22-27-13-15-29(16-14-27)28-11-7-4-8-12-28/h3,5-6,9-10,25,27-31H,4,7-8,11-24H2,1-2H3,(H,37,43)(H,38,41)(H,39,44)/t25-,27?,29?,30-,31-,36+/m0/s1. The summed E-state index contributed by atoms with van der Waals surface area (Å²) in [6, 6.07) is 7.06. The SMILES string of the molecule is C[C@H](NC(=O)[C@H](Cc1ccccc1)NC(=O)[C@H](CC1CCC(C2CCCCC2)CC1)NC(=O)CN1CCOCC1)C(=O)[C@@]1(C)CO1. The predicted octanol–water partition coefficient (Wildman–Crippen LogP) is 3.17. The molecule has 2 aliphatic heterocycles. The second kappa shape index (κ2) is 16.3. The summed E-state index contributed by atoms with van der Waals surface area (Å²) in [5.41, 5.74) is 0.0184. The summed E-state index contributed by atoms with van der Waals surface area (Å²) in [7, 11) is 0. The van der Waals surface area contributed by atoms with Gasteiger partial charge in [0.05, 0.1) is 32.4 Å². The molecule has 0 spiro atoms. The van der Waals surface area contributed by atoms with Gasteiger partial charge in [0.15, 0.2) is 5.78 Å². The van der Waals surface area contributed by atoms with E-state index >= 15 is 0 Å². The van der Waals surface area contributed by atoms with Gasteiger partial charge in [0.25, 0.3) is 0 Å². The lowest BCUT2D eigenvalue weighted by Gasteiger charge is -2.37. The van der Waals surface area contributed by atoms with Crippen molar-refractivity contribution in [2.45, 2.75) is 108 Å². The Labute approximate surface area is 274 Å². The minimum Gasteiger partial charge on any atom is -0.379 e. The fourth-order valence-corrected chi connectivity index (χ4v) is 7.69. The summed E-state index contributed by atoms with van der Waals surface area (Å²) < 4.78 is 10.7. The van der Waals surface area contributed by atoms with Crippen LogP contribution in [0, 0.1) is 17.8 Å². The van der Waals surface area contributed by atoms with Crippen molar-refractivity contribution < 1.29 is 28.7 Å². The minimum absolute atomic E-state index is 0.192. The highest BCUT2D eigenvalue weighted by atomic mass is 16.6. The second-order valence-corrected chi connectivity index (χ2v) is 14.3. The van der Waals surface area contributed by atoms with E-state index in [1.165, 1.54) is 44.9 Å². The monoisotopic (exact) mass is 638 g/mol. The maximum absolute atomic E-state index is 14.0. The molecule has 4 atom stereocenters. The first-order valence-electron chi connectivity index (χ1n) is 17.6. The highest BCUT2D eigenvalue weighted by Gasteiger charge is 2.49. The number of nitrogens with one attached hydrogen (secondary N) is 3. The second-order valence-electron chi connectivity index (χ2n) is 14.3. The van der Waals surface area contributed by atoms with Crippen molar-refractivity contribution in [1.82, 2.24) is 20.9 Å². The molecule has 2 heterocycles. The van der Waals surface area contributed by atoms with Crippen molar-refractivity contribution >= 4 is 23.5 Å². The molecular weight excluding hydrogens is 584 g/mol. The molecule has 0 aromatic heterocycles. The van der Waals surface area contributed by atoms with E-state index in [0.29, 0.717) is 45.2 Å². The van der Waals surface area contributed by atoms with E-state index in [1.54, 1.807) is 13.8 Å². The molecule has 46 heavy (non-hydrogen) atoms. The Balaban J connectivity index is 1.25. The molecular formula is C36H54N4O6. The highest BCUT2D eigenvalue weighted by molar-refractivity contribution is 5.98. The molecule has 1 aromatic rings. The van der Waals surface area contributed by atoms with Crippen LogP contribution in [0.15, 0.2) is 30.3 Å². The quantitative estimate of drug-likeness (QED) is 0.267. The Morgan fingerprint density at radius 2 is 1.48 bits per heavy atom. The molecule has 2 saturated heterocycles. The van der Waals surface area contributed by atoms with E-state index in [4.69, 9.17) is 9.47 Å². The molecule has 254 valence electrons. The van der Waals surface area contributed by atoms with Crippen LogP contribution >= 0.6 is 0 Å². The Kier molecular flexibility index (Phi) is 12.3. The summed E-state index contributed by atoms with van der Waals surface area (Å²) in [5, 5.41) is 8.84. The van der Waals surface area contributed by atoms with E-state index in [2.05, 4.69) is 16.0 Å². The number of carbonyl (C=O) groups is 4. The van der Waals surface area contributed by atoms with Gasteiger partial charge in [-0.2, -0.15) is 0 Å². The molecule has 2 aliphatic carbocycles. The smallest absolute Gasteiger partial charge is 0.243 e. The maximum Gasteiger partial charge on any atom is 0.243 e. The van der Waals surface area contributed by atoms with Crippen LogP contribution in [0.3, 0.4) is 0 Å². The Morgan fingerprint density at radius 1 is 0.848 bits per heavy atom. The van der Waals surface area contributed by atoms with Crippen LogP contribution in [0.1, 0.15) is 83.6 Å². The van der Waals surface area contributed by atoms with Crippen molar-refractivity contribution in [2.24, 2.45) is 17.8 Å². The van der Waals surface area contributed by atoms with Crippen molar-refractivity contribution in [3.8, 4) is 0 Å². The van der Waals surface area contributed by atoms with Crippen LogP contribution in [-0.2, 0) is 35.1 Å². The van der Waals surface area contributed by atoms with Crippen molar-refractivity contribution in [3.63, 3.8) is 0 Å². The van der Waals surface area contributed by atoms with E-state index < -0.39 is 29.6 Å². The van der Waals surface area contributed by atoms with Gasteiger partial charge in [0.1, 0.15) is 17.7 Å². The van der Waals surface area contributed by atoms with Gasteiger partial charge >= 0.3 is 0 Å². The van der Waals surface area contributed by atoms with E-state index in [1.807, 2.05) is 35.2 Å². The van der Waals surface area contributed by atoms with Crippen LogP contribution in [0.2, 0.25) is 0 Å². The molecule has 0 bridgehead atoms. The fourth-order valence-electron chi connectivity index (χ4n) is 7.69. The number of carbonyl (C=O) groups excluding carboxylic acids is 4. The van der Waals surface area contributed by atoms with Gasteiger partial charge in [-0.15, -0.1) is 0 Å². The van der Waals surface area contributed by atoms with Gasteiger partial charge in [-0.25, -0.2) is 0 Å². The molecule has 0 radical (unpaired) electrons. The molecule has 4 aliphatic rings. The molecule has 1 aromatic carbocycles. The topological polar surface area (TPSA) is 129 Å². The number of hydrogen-bond donors (Lipinski definition) is 3. The predicted molar refractivity (Wildman–Crippen MR) is 175 cm³/mol. The minimum atomic E-state index is -0.918. The molecule has 5 rings (SSSR count). The molecule has 10 nitrogen and oxygen atoms in total. The third-order valence-corrected chi connectivity index (χ3v) is 10.7. The van der Waals surface area contributed by atoms with Crippen molar-refractivity contribution in [1.29, 1.82) is 0 Å². The third kappa shape index (κ3) is 9.84. The van der Waals surface area contributed by atoms with Crippen LogP contribution in [0.4, 0.5) is 0 Å². The largest absolute Gasteiger partial charge is 0.379 e. The summed E-state index contributed by atoms with van der Waals surface area (Å²) >= 11 is 0. The van der Waals surface area contributed by atoms with Crippen LogP contribution in [0.5, 0.6) is 0 Å². The van der Waals surface area contributed by atoms with E-state index in [0.717, 1.165) is 30.2 Å². The number of ketones is 1. The highest BCUT2D eigenvalue weighted by Crippen LogP contribution is 2.41. The lowest BCUT2D eigenvalue weighted by Crippen LogP contribution is -2.57. The van der Waals surface area contributed by atoms with Crippen LogP contribution in [0.25, 0.3) is 0 Å². The summed E-state index contributed by atoms with van der Waals surface area (Å²) in [4.78, 5) is 55.7. The number of hydrogen-bond acceptors (Lipinski definition) is 7. The Hall–Kier alpha value is -2.82. The number of morpholine rings is 1. The maximum atomic E-state index is 14.0. The number of ether oxygens (including phenoxy) is 2. The molecule has 4 fully saturated rings. The molecule has 3 N–H and O–H groups in total. The van der Waals surface area contributed by atoms with Crippen LogP contribution < -0.4 is 16.0 Å².